The minimum atomic E-state index is -3.55. The van der Waals surface area contributed by atoms with Crippen LogP contribution in [0.15, 0.2) is 23.1 Å². The number of piperazine rings is 1. The van der Waals surface area contributed by atoms with Crippen molar-refractivity contribution in [1.29, 1.82) is 0 Å². The molecule has 0 radical (unpaired) electrons. The fourth-order valence-corrected chi connectivity index (χ4v) is 4.07. The second-order valence-corrected chi connectivity index (χ2v) is 6.84. The van der Waals surface area contributed by atoms with Crippen LogP contribution in [0.5, 0.6) is 0 Å². The van der Waals surface area contributed by atoms with Gasteiger partial charge in [0.2, 0.25) is 10.0 Å². The Bertz CT molecular complexity index is 554. The lowest BCUT2D eigenvalue weighted by Gasteiger charge is -2.33. The second kappa shape index (κ2) is 5.66. The molecule has 2 rings (SSSR count). The summed E-state index contributed by atoms with van der Waals surface area (Å²) in [6, 6.07) is 4.53. The molecule has 1 fully saturated rings. The van der Waals surface area contributed by atoms with Crippen molar-refractivity contribution in [2.45, 2.75) is 11.8 Å². The van der Waals surface area contributed by atoms with Gasteiger partial charge in [0.05, 0.1) is 5.02 Å². The van der Waals surface area contributed by atoms with Crippen molar-refractivity contribution in [2.75, 3.05) is 38.5 Å². The number of anilines is 1. The van der Waals surface area contributed by atoms with Crippen molar-refractivity contribution in [2.24, 2.45) is 0 Å². The molecule has 106 valence electrons. The van der Waals surface area contributed by atoms with Gasteiger partial charge >= 0.3 is 0 Å². The third-order valence-electron chi connectivity index (χ3n) is 3.35. The maximum Gasteiger partial charge on any atom is 0.244 e. The molecular formula is C12H18ClN3O2S. The Morgan fingerprint density at radius 1 is 1.26 bits per heavy atom. The van der Waals surface area contributed by atoms with E-state index in [9.17, 15) is 8.42 Å². The lowest BCUT2D eigenvalue weighted by molar-refractivity contribution is 0.196. The van der Waals surface area contributed by atoms with Crippen molar-refractivity contribution in [1.82, 2.24) is 9.21 Å². The van der Waals surface area contributed by atoms with Crippen molar-refractivity contribution in [3.63, 3.8) is 0 Å². The summed E-state index contributed by atoms with van der Waals surface area (Å²) in [5, 5.41) is 0.215. The van der Waals surface area contributed by atoms with E-state index in [4.69, 9.17) is 17.3 Å². The monoisotopic (exact) mass is 303 g/mol. The molecule has 1 aliphatic heterocycles. The Kier molecular flexibility index (Phi) is 4.35. The van der Waals surface area contributed by atoms with E-state index in [1.54, 1.807) is 6.07 Å². The van der Waals surface area contributed by atoms with Crippen LogP contribution >= 0.6 is 11.6 Å². The van der Waals surface area contributed by atoms with Gasteiger partial charge in [-0.05, 0) is 24.7 Å². The number of nitrogens with zero attached hydrogens (tertiary/aromatic N) is 2. The summed E-state index contributed by atoms with van der Waals surface area (Å²) in [7, 11) is -3.55. The van der Waals surface area contributed by atoms with Crippen molar-refractivity contribution in [3.05, 3.63) is 23.2 Å². The summed E-state index contributed by atoms with van der Waals surface area (Å²) in [4.78, 5) is 2.31. The van der Waals surface area contributed by atoms with Crippen LogP contribution in [0.1, 0.15) is 6.92 Å². The van der Waals surface area contributed by atoms with Crippen molar-refractivity contribution >= 4 is 27.3 Å². The van der Waals surface area contributed by atoms with Gasteiger partial charge in [-0.15, -0.1) is 0 Å². The summed E-state index contributed by atoms with van der Waals surface area (Å²) in [5.41, 5.74) is 6.05. The number of likely N-dealkylation sites (N-methyl/N-ethyl adjacent to an activating group) is 1. The van der Waals surface area contributed by atoms with Gasteiger partial charge < -0.3 is 10.6 Å². The zero-order chi connectivity index (χ0) is 14.0. The van der Waals surface area contributed by atoms with E-state index in [0.29, 0.717) is 18.8 Å². The van der Waals surface area contributed by atoms with Crippen molar-refractivity contribution < 1.29 is 8.42 Å². The highest BCUT2D eigenvalue weighted by Crippen LogP contribution is 2.27. The first-order chi connectivity index (χ1) is 8.95. The van der Waals surface area contributed by atoms with Gasteiger partial charge in [-0.25, -0.2) is 8.42 Å². The van der Waals surface area contributed by atoms with Crippen LogP contribution in [-0.2, 0) is 10.0 Å². The molecule has 19 heavy (non-hydrogen) atoms. The molecule has 1 aromatic rings. The lowest BCUT2D eigenvalue weighted by Crippen LogP contribution is -2.48. The molecule has 0 unspecified atom stereocenters. The maximum absolute atomic E-state index is 12.5. The topological polar surface area (TPSA) is 66.6 Å². The predicted molar refractivity (Wildman–Crippen MR) is 76.7 cm³/mol. The molecule has 5 nitrogen and oxygen atoms in total. The minimum absolute atomic E-state index is 0.0964. The highest BCUT2D eigenvalue weighted by molar-refractivity contribution is 7.89. The normalized spacial score (nSPS) is 18.6. The number of nitrogens with two attached hydrogens (primary N) is 1. The van der Waals surface area contributed by atoms with Crippen LogP contribution in [0.3, 0.4) is 0 Å². The molecule has 0 saturated carbocycles. The van der Waals surface area contributed by atoms with E-state index in [1.807, 2.05) is 0 Å². The number of hydrogen-bond acceptors (Lipinski definition) is 4. The highest BCUT2D eigenvalue weighted by atomic mass is 35.5. The Hall–Kier alpha value is -0.820. The first-order valence-electron chi connectivity index (χ1n) is 6.22. The van der Waals surface area contributed by atoms with Crippen molar-refractivity contribution in [3.8, 4) is 0 Å². The zero-order valence-electron chi connectivity index (χ0n) is 10.8. The fourth-order valence-electron chi connectivity index (χ4n) is 2.14. The number of rotatable bonds is 3. The summed E-state index contributed by atoms with van der Waals surface area (Å²) in [6.45, 7) is 5.47. The van der Waals surface area contributed by atoms with Gasteiger partial charge in [0.15, 0.2) is 0 Å². The van der Waals surface area contributed by atoms with Gasteiger partial charge in [-0.2, -0.15) is 4.31 Å². The van der Waals surface area contributed by atoms with E-state index < -0.39 is 10.0 Å². The molecule has 0 atom stereocenters. The van der Waals surface area contributed by atoms with Crippen LogP contribution in [0.4, 0.5) is 5.69 Å². The summed E-state index contributed by atoms with van der Waals surface area (Å²) in [5.74, 6) is 0. The van der Waals surface area contributed by atoms with E-state index >= 15 is 0 Å². The van der Waals surface area contributed by atoms with E-state index in [-0.39, 0.29) is 9.92 Å². The van der Waals surface area contributed by atoms with Gasteiger partial charge in [0.1, 0.15) is 4.90 Å². The molecule has 7 heteroatoms. The molecule has 0 aliphatic carbocycles. The SMILES string of the molecule is CCN1CCN(S(=O)(=O)c2cc(N)ccc2Cl)CC1. The third kappa shape index (κ3) is 3.02. The average molecular weight is 304 g/mol. The molecule has 1 aromatic carbocycles. The minimum Gasteiger partial charge on any atom is -0.399 e. The number of halogens is 1. The number of sulfonamides is 1. The van der Waals surface area contributed by atoms with Gasteiger partial charge in [-0.3, -0.25) is 0 Å². The zero-order valence-corrected chi connectivity index (χ0v) is 12.4. The number of hydrogen-bond donors (Lipinski definition) is 1. The average Bonchev–Trinajstić information content (AvgIpc) is 2.41. The Balaban J connectivity index is 2.26. The summed E-state index contributed by atoms with van der Waals surface area (Å²) in [6.07, 6.45) is 0. The standard InChI is InChI=1S/C12H18ClN3O2S/c1-2-15-5-7-16(8-6-15)19(17,18)12-9-10(14)3-4-11(12)13/h3-4,9H,2,5-8,14H2,1H3. The Morgan fingerprint density at radius 2 is 1.89 bits per heavy atom. The molecule has 0 spiro atoms. The van der Waals surface area contributed by atoms with Gasteiger partial charge in [0.25, 0.3) is 0 Å². The molecule has 1 heterocycles. The van der Waals surface area contributed by atoms with E-state index in [2.05, 4.69) is 11.8 Å². The summed E-state index contributed by atoms with van der Waals surface area (Å²) >= 11 is 5.98. The molecule has 0 amide bonds. The highest BCUT2D eigenvalue weighted by Gasteiger charge is 2.29. The largest absolute Gasteiger partial charge is 0.399 e. The smallest absolute Gasteiger partial charge is 0.244 e. The molecular weight excluding hydrogens is 286 g/mol. The van der Waals surface area contributed by atoms with Crippen LogP contribution in [0, 0.1) is 0 Å². The van der Waals surface area contributed by atoms with Gasteiger partial charge in [0, 0.05) is 31.9 Å². The molecule has 0 aromatic heterocycles. The van der Waals surface area contributed by atoms with Gasteiger partial charge in [-0.1, -0.05) is 18.5 Å². The van der Waals surface area contributed by atoms with Crippen LogP contribution in [0.2, 0.25) is 5.02 Å². The second-order valence-electron chi connectivity index (χ2n) is 4.53. The first-order valence-corrected chi connectivity index (χ1v) is 8.04. The quantitative estimate of drug-likeness (QED) is 0.854. The van der Waals surface area contributed by atoms with Crippen LogP contribution in [-0.4, -0.2) is 50.3 Å². The summed E-state index contributed by atoms with van der Waals surface area (Å²) < 4.78 is 26.5. The molecule has 0 bridgehead atoms. The number of nitrogen functional groups attached to an aromatic ring is 1. The molecule has 2 N–H and O–H groups in total. The molecule has 1 aliphatic rings. The van der Waals surface area contributed by atoms with E-state index in [1.165, 1.54) is 16.4 Å². The molecule has 1 saturated heterocycles. The van der Waals surface area contributed by atoms with Crippen LogP contribution in [0.25, 0.3) is 0 Å². The number of benzene rings is 1. The van der Waals surface area contributed by atoms with E-state index in [0.717, 1.165) is 19.6 Å². The van der Waals surface area contributed by atoms with Crippen LogP contribution < -0.4 is 5.73 Å². The third-order valence-corrected chi connectivity index (χ3v) is 5.73. The fraction of sp³-hybridized carbons (Fsp3) is 0.500. The first kappa shape index (κ1) is 14.6. The Labute approximate surface area is 119 Å². The predicted octanol–water partition coefficient (Wildman–Crippen LogP) is 1.25. The maximum atomic E-state index is 12.5. The Morgan fingerprint density at radius 3 is 2.47 bits per heavy atom. The lowest BCUT2D eigenvalue weighted by atomic mass is 10.3.